The molecule has 0 bridgehead atoms. The Morgan fingerprint density at radius 2 is 2.25 bits per heavy atom. The molecule has 0 radical (unpaired) electrons. The number of aryl methyl sites for hydroxylation is 1. The summed E-state index contributed by atoms with van der Waals surface area (Å²) in [5.74, 6) is 0. The molecule has 1 heterocycles. The van der Waals surface area contributed by atoms with E-state index in [2.05, 4.69) is 28.7 Å². The Kier molecular flexibility index (Phi) is 3.99. The molecule has 1 fully saturated rings. The van der Waals surface area contributed by atoms with Gasteiger partial charge in [0.05, 0.1) is 6.33 Å². The summed E-state index contributed by atoms with van der Waals surface area (Å²) in [4.78, 5) is 4.23. The monoisotopic (exact) mass is 221 g/mol. The predicted molar refractivity (Wildman–Crippen MR) is 66.6 cm³/mol. The lowest BCUT2D eigenvalue weighted by Crippen LogP contribution is -2.17. The van der Waals surface area contributed by atoms with Gasteiger partial charge >= 0.3 is 0 Å². The SMILES string of the molecule is CC(C)n1cncc1CCCCNC1CC1. The molecule has 1 N–H and O–H groups in total. The Bertz CT molecular complexity index is 313. The van der Waals surface area contributed by atoms with Crippen LogP contribution in [0.5, 0.6) is 0 Å². The Balaban J connectivity index is 1.65. The van der Waals surface area contributed by atoms with Gasteiger partial charge in [-0.15, -0.1) is 0 Å². The maximum absolute atomic E-state index is 4.23. The van der Waals surface area contributed by atoms with Gasteiger partial charge in [-0.3, -0.25) is 0 Å². The Labute approximate surface area is 98.3 Å². The largest absolute Gasteiger partial charge is 0.332 e. The molecule has 0 aromatic carbocycles. The molecule has 1 aliphatic rings. The van der Waals surface area contributed by atoms with Crippen molar-refractivity contribution in [2.24, 2.45) is 0 Å². The van der Waals surface area contributed by atoms with Crippen LogP contribution in [0.3, 0.4) is 0 Å². The first-order valence-electron chi connectivity index (χ1n) is 6.51. The molecule has 3 nitrogen and oxygen atoms in total. The molecule has 1 aliphatic carbocycles. The first kappa shape index (κ1) is 11.6. The highest BCUT2D eigenvalue weighted by Crippen LogP contribution is 2.18. The second-order valence-corrected chi connectivity index (χ2v) is 5.07. The van der Waals surface area contributed by atoms with E-state index in [0.29, 0.717) is 6.04 Å². The molecule has 0 amide bonds. The fourth-order valence-corrected chi connectivity index (χ4v) is 2.02. The normalized spacial score (nSPS) is 15.9. The molecule has 0 aliphatic heterocycles. The van der Waals surface area contributed by atoms with Crippen LogP contribution in [0.15, 0.2) is 12.5 Å². The van der Waals surface area contributed by atoms with Crippen molar-refractivity contribution in [2.45, 2.75) is 58.0 Å². The van der Waals surface area contributed by atoms with Gasteiger partial charge in [0.25, 0.3) is 0 Å². The van der Waals surface area contributed by atoms with Crippen LogP contribution in [-0.4, -0.2) is 22.1 Å². The van der Waals surface area contributed by atoms with Crippen LogP contribution in [0.25, 0.3) is 0 Å². The van der Waals surface area contributed by atoms with Gasteiger partial charge in [-0.1, -0.05) is 0 Å². The summed E-state index contributed by atoms with van der Waals surface area (Å²) >= 11 is 0. The van der Waals surface area contributed by atoms with Crippen molar-refractivity contribution in [3.05, 3.63) is 18.2 Å². The van der Waals surface area contributed by atoms with Crippen molar-refractivity contribution in [3.63, 3.8) is 0 Å². The quantitative estimate of drug-likeness (QED) is 0.717. The van der Waals surface area contributed by atoms with E-state index in [9.17, 15) is 0 Å². The van der Waals surface area contributed by atoms with E-state index in [1.54, 1.807) is 0 Å². The Morgan fingerprint density at radius 3 is 2.94 bits per heavy atom. The maximum Gasteiger partial charge on any atom is 0.0950 e. The molecule has 0 unspecified atom stereocenters. The van der Waals surface area contributed by atoms with Crippen molar-refractivity contribution in [1.82, 2.24) is 14.9 Å². The third-order valence-electron chi connectivity index (χ3n) is 3.17. The lowest BCUT2D eigenvalue weighted by atomic mass is 10.2. The summed E-state index contributed by atoms with van der Waals surface area (Å²) in [7, 11) is 0. The Hall–Kier alpha value is -0.830. The zero-order chi connectivity index (χ0) is 11.4. The average Bonchev–Trinajstić information content (AvgIpc) is 2.94. The van der Waals surface area contributed by atoms with E-state index >= 15 is 0 Å². The molecule has 1 saturated carbocycles. The highest BCUT2D eigenvalue weighted by Gasteiger charge is 2.19. The molecule has 0 atom stereocenters. The topological polar surface area (TPSA) is 29.9 Å². The number of nitrogens with one attached hydrogen (secondary N) is 1. The predicted octanol–water partition coefficient (Wildman–Crippen LogP) is 2.54. The first-order chi connectivity index (χ1) is 7.77. The van der Waals surface area contributed by atoms with Crippen LogP contribution < -0.4 is 5.32 Å². The number of nitrogens with zero attached hydrogens (tertiary/aromatic N) is 2. The van der Waals surface area contributed by atoms with Crippen LogP contribution in [0.2, 0.25) is 0 Å². The van der Waals surface area contributed by atoms with Crippen molar-refractivity contribution < 1.29 is 0 Å². The molecule has 16 heavy (non-hydrogen) atoms. The van der Waals surface area contributed by atoms with Crippen LogP contribution in [0.4, 0.5) is 0 Å². The van der Waals surface area contributed by atoms with E-state index in [-0.39, 0.29) is 0 Å². The van der Waals surface area contributed by atoms with Gasteiger partial charge in [0.1, 0.15) is 0 Å². The standard InChI is InChI=1S/C13H23N3/c1-11(2)16-10-14-9-13(16)5-3-4-8-15-12-6-7-12/h9-12,15H,3-8H2,1-2H3. The summed E-state index contributed by atoms with van der Waals surface area (Å²) in [5.41, 5.74) is 1.38. The molecule has 2 rings (SSSR count). The lowest BCUT2D eigenvalue weighted by molar-refractivity contribution is 0.555. The fourth-order valence-electron chi connectivity index (χ4n) is 2.02. The number of hydrogen-bond acceptors (Lipinski definition) is 2. The van der Waals surface area contributed by atoms with E-state index in [4.69, 9.17) is 0 Å². The summed E-state index contributed by atoms with van der Waals surface area (Å²) in [6.45, 7) is 5.60. The van der Waals surface area contributed by atoms with Crippen molar-refractivity contribution in [3.8, 4) is 0 Å². The number of aromatic nitrogens is 2. The second-order valence-electron chi connectivity index (χ2n) is 5.07. The van der Waals surface area contributed by atoms with Gasteiger partial charge in [0.15, 0.2) is 0 Å². The smallest absolute Gasteiger partial charge is 0.0950 e. The fraction of sp³-hybridized carbons (Fsp3) is 0.769. The lowest BCUT2D eigenvalue weighted by Gasteiger charge is -2.11. The van der Waals surface area contributed by atoms with E-state index in [1.165, 1.54) is 37.9 Å². The van der Waals surface area contributed by atoms with Gasteiger partial charge in [-0.25, -0.2) is 4.98 Å². The molecule has 90 valence electrons. The maximum atomic E-state index is 4.23. The zero-order valence-corrected chi connectivity index (χ0v) is 10.4. The third kappa shape index (κ3) is 3.34. The van der Waals surface area contributed by atoms with E-state index in [1.807, 2.05) is 12.5 Å². The highest BCUT2D eigenvalue weighted by molar-refractivity contribution is 4.99. The number of unbranched alkanes of at least 4 members (excludes halogenated alkanes) is 1. The second kappa shape index (κ2) is 5.48. The summed E-state index contributed by atoms with van der Waals surface area (Å²) in [5, 5.41) is 3.55. The van der Waals surface area contributed by atoms with Crippen LogP contribution >= 0.6 is 0 Å². The molecule has 0 saturated heterocycles. The van der Waals surface area contributed by atoms with Crippen molar-refractivity contribution in [2.75, 3.05) is 6.54 Å². The van der Waals surface area contributed by atoms with Gasteiger partial charge in [-0.2, -0.15) is 0 Å². The van der Waals surface area contributed by atoms with Gasteiger partial charge in [0.2, 0.25) is 0 Å². The zero-order valence-electron chi connectivity index (χ0n) is 10.4. The summed E-state index contributed by atoms with van der Waals surface area (Å²) in [6, 6.07) is 1.38. The minimum Gasteiger partial charge on any atom is -0.332 e. The van der Waals surface area contributed by atoms with Crippen molar-refractivity contribution >= 4 is 0 Å². The first-order valence-corrected chi connectivity index (χ1v) is 6.51. The molecule has 0 spiro atoms. The van der Waals surface area contributed by atoms with Gasteiger partial charge in [-0.05, 0) is 52.5 Å². The number of rotatable bonds is 7. The third-order valence-corrected chi connectivity index (χ3v) is 3.17. The number of imidazole rings is 1. The molecular weight excluding hydrogens is 198 g/mol. The molecule has 3 heteroatoms. The van der Waals surface area contributed by atoms with E-state index < -0.39 is 0 Å². The minimum atomic E-state index is 0.530. The Morgan fingerprint density at radius 1 is 1.44 bits per heavy atom. The van der Waals surface area contributed by atoms with Crippen molar-refractivity contribution in [1.29, 1.82) is 0 Å². The van der Waals surface area contributed by atoms with Crippen LogP contribution in [-0.2, 0) is 6.42 Å². The summed E-state index contributed by atoms with van der Waals surface area (Å²) < 4.78 is 2.27. The number of hydrogen-bond donors (Lipinski definition) is 1. The average molecular weight is 221 g/mol. The minimum absolute atomic E-state index is 0.530. The van der Waals surface area contributed by atoms with E-state index in [0.717, 1.165) is 12.5 Å². The van der Waals surface area contributed by atoms with Crippen LogP contribution in [0.1, 0.15) is 51.3 Å². The van der Waals surface area contributed by atoms with Crippen LogP contribution in [0, 0.1) is 0 Å². The van der Waals surface area contributed by atoms with Gasteiger partial charge in [0, 0.05) is 24.0 Å². The molecular formula is C13H23N3. The highest BCUT2D eigenvalue weighted by atomic mass is 15.1. The molecule has 1 aromatic heterocycles. The van der Waals surface area contributed by atoms with Gasteiger partial charge < -0.3 is 9.88 Å². The molecule has 1 aromatic rings. The summed E-state index contributed by atoms with van der Waals surface area (Å²) in [6.07, 6.45) is 10.4.